The van der Waals surface area contributed by atoms with Gasteiger partial charge in [-0.3, -0.25) is 4.90 Å². The molecule has 0 unspecified atom stereocenters. The number of nitrogens with zero attached hydrogens (tertiary/aromatic N) is 1. The summed E-state index contributed by atoms with van der Waals surface area (Å²) < 4.78 is 4.76. The van der Waals surface area contributed by atoms with Gasteiger partial charge >= 0.3 is 0 Å². The van der Waals surface area contributed by atoms with Crippen molar-refractivity contribution in [3.8, 4) is 11.8 Å². The van der Waals surface area contributed by atoms with E-state index < -0.39 is 0 Å². The van der Waals surface area contributed by atoms with Crippen LogP contribution in [0.4, 0.5) is 0 Å². The molecule has 0 aromatic rings. The van der Waals surface area contributed by atoms with Crippen LogP contribution in [0.25, 0.3) is 0 Å². The van der Waals surface area contributed by atoms with E-state index in [4.69, 9.17) is 17.0 Å². The van der Waals surface area contributed by atoms with Gasteiger partial charge in [-0.15, -0.1) is 0 Å². The second-order valence-corrected chi connectivity index (χ2v) is 3.57. The molecule has 2 nitrogen and oxygen atoms in total. The topological polar surface area (TPSA) is 12.5 Å². The number of thiocarbonyl (C=S) groups is 1. The van der Waals surface area contributed by atoms with Crippen LogP contribution >= 0.6 is 12.2 Å². The Morgan fingerprint density at radius 1 is 1.42 bits per heavy atom. The van der Waals surface area contributed by atoms with E-state index in [9.17, 15) is 0 Å². The summed E-state index contributed by atoms with van der Waals surface area (Å²) in [4.78, 5) is 2.03. The molecule has 0 N–H and O–H groups in total. The highest BCUT2D eigenvalue weighted by Crippen LogP contribution is 2.06. The molecule has 0 atom stereocenters. The van der Waals surface area contributed by atoms with Gasteiger partial charge in [-0.25, -0.2) is 0 Å². The smallest absolute Gasteiger partial charge is 0.237 e. The van der Waals surface area contributed by atoms with Crippen LogP contribution in [0.3, 0.4) is 0 Å². The Hall–Kier alpha value is -0.590. The van der Waals surface area contributed by atoms with Gasteiger partial charge < -0.3 is 4.74 Å². The molecule has 0 aliphatic carbocycles. The maximum absolute atomic E-state index is 4.80. The molecule has 0 saturated heterocycles. The highest BCUT2D eigenvalue weighted by molar-refractivity contribution is 7.80. The van der Waals surface area contributed by atoms with Crippen LogP contribution in [-0.4, -0.2) is 36.7 Å². The molecule has 3 heteroatoms. The summed E-state index contributed by atoms with van der Waals surface area (Å²) in [6.45, 7) is 4.05. The van der Waals surface area contributed by atoms with E-state index in [0.29, 0.717) is 5.05 Å². The molecular formula is C9H15NOS. The lowest BCUT2D eigenvalue weighted by Gasteiger charge is -2.26. The van der Waals surface area contributed by atoms with Crippen molar-refractivity contribution in [1.29, 1.82) is 0 Å². The van der Waals surface area contributed by atoms with Gasteiger partial charge in [-0.1, -0.05) is 5.92 Å². The molecule has 0 fully saturated rings. The van der Waals surface area contributed by atoms with Crippen molar-refractivity contribution in [3.63, 3.8) is 0 Å². The third kappa shape index (κ3) is 3.70. The molecule has 0 heterocycles. The lowest BCUT2D eigenvalue weighted by atomic mass is 10.1. The molecule has 0 radical (unpaired) electrons. The first kappa shape index (κ1) is 11.4. The van der Waals surface area contributed by atoms with Gasteiger partial charge in [-0.05, 0) is 46.1 Å². The van der Waals surface area contributed by atoms with Gasteiger partial charge in [-0.2, -0.15) is 0 Å². The molecule has 0 saturated carbocycles. The van der Waals surface area contributed by atoms with E-state index in [1.165, 1.54) is 7.11 Å². The highest BCUT2D eigenvalue weighted by Gasteiger charge is 2.16. The summed E-state index contributed by atoms with van der Waals surface area (Å²) in [6.07, 6.45) is 0. The van der Waals surface area contributed by atoms with Crippen LogP contribution < -0.4 is 0 Å². The van der Waals surface area contributed by atoms with Crippen LogP contribution in [0.5, 0.6) is 0 Å². The number of methoxy groups -OCH3 is 1. The molecule has 12 heavy (non-hydrogen) atoms. The Kier molecular flexibility index (Phi) is 4.22. The summed E-state index contributed by atoms with van der Waals surface area (Å²) in [5.41, 5.74) is -0.164. The molecule has 0 aromatic heterocycles. The van der Waals surface area contributed by atoms with Crippen molar-refractivity contribution < 1.29 is 4.74 Å². The second kappa shape index (κ2) is 4.44. The van der Waals surface area contributed by atoms with Crippen LogP contribution in [0, 0.1) is 11.8 Å². The van der Waals surface area contributed by atoms with Gasteiger partial charge in [0.15, 0.2) is 0 Å². The zero-order valence-corrected chi connectivity index (χ0v) is 9.08. The van der Waals surface area contributed by atoms with Gasteiger partial charge in [0.1, 0.15) is 0 Å². The normalized spacial score (nSPS) is 10.5. The lowest BCUT2D eigenvalue weighted by Crippen LogP contribution is -2.36. The Bertz CT molecular complexity index is 222. The first-order valence-electron chi connectivity index (χ1n) is 3.68. The molecule has 0 rings (SSSR count). The fourth-order valence-corrected chi connectivity index (χ4v) is 0.418. The summed E-state index contributed by atoms with van der Waals surface area (Å²) in [6, 6.07) is 0. The minimum absolute atomic E-state index is 0.164. The van der Waals surface area contributed by atoms with E-state index in [1.807, 2.05) is 32.8 Å². The molecular weight excluding hydrogens is 170 g/mol. The van der Waals surface area contributed by atoms with Crippen molar-refractivity contribution in [1.82, 2.24) is 4.90 Å². The summed E-state index contributed by atoms with van der Waals surface area (Å²) in [5, 5.41) is 0.338. The zero-order chi connectivity index (χ0) is 9.78. The molecule has 0 spiro atoms. The SMILES string of the molecule is COC(=S)C#CC(C)(C)N(C)C. The van der Waals surface area contributed by atoms with Gasteiger partial charge in [0.25, 0.3) is 0 Å². The average molecular weight is 185 g/mol. The lowest BCUT2D eigenvalue weighted by molar-refractivity contribution is 0.263. The van der Waals surface area contributed by atoms with Crippen LogP contribution in [0.1, 0.15) is 13.8 Å². The third-order valence-electron chi connectivity index (χ3n) is 1.77. The number of hydrogen-bond donors (Lipinski definition) is 0. The standard InChI is InChI=1S/C9H15NOS/c1-9(2,10(3)4)7-6-8(12)11-5/h1-5H3. The van der Waals surface area contributed by atoms with E-state index >= 15 is 0 Å². The minimum atomic E-state index is -0.164. The quantitative estimate of drug-likeness (QED) is 0.451. The van der Waals surface area contributed by atoms with Crippen LogP contribution in [0.15, 0.2) is 0 Å². The van der Waals surface area contributed by atoms with E-state index in [0.717, 1.165) is 0 Å². The Labute approximate surface area is 79.9 Å². The fourth-order valence-electron chi connectivity index (χ4n) is 0.367. The first-order valence-corrected chi connectivity index (χ1v) is 4.09. The number of ether oxygens (including phenoxy) is 1. The van der Waals surface area contributed by atoms with E-state index in [2.05, 4.69) is 11.8 Å². The molecule has 0 bridgehead atoms. The summed E-state index contributed by atoms with van der Waals surface area (Å²) in [5.74, 6) is 5.79. The predicted molar refractivity (Wildman–Crippen MR) is 55.1 cm³/mol. The molecule has 0 aliphatic heterocycles. The number of rotatable bonds is 1. The van der Waals surface area contributed by atoms with Crippen molar-refractivity contribution in [2.24, 2.45) is 0 Å². The van der Waals surface area contributed by atoms with Crippen molar-refractivity contribution in [2.45, 2.75) is 19.4 Å². The van der Waals surface area contributed by atoms with Gasteiger partial charge in [0.05, 0.1) is 12.6 Å². The summed E-state index contributed by atoms with van der Waals surface area (Å²) >= 11 is 4.80. The average Bonchev–Trinajstić information content (AvgIpc) is 2.00. The van der Waals surface area contributed by atoms with Crippen molar-refractivity contribution >= 4 is 17.3 Å². The number of hydrogen-bond acceptors (Lipinski definition) is 3. The van der Waals surface area contributed by atoms with Crippen LogP contribution in [0.2, 0.25) is 0 Å². The predicted octanol–water partition coefficient (Wildman–Crippen LogP) is 1.30. The zero-order valence-electron chi connectivity index (χ0n) is 8.26. The van der Waals surface area contributed by atoms with Crippen molar-refractivity contribution in [3.05, 3.63) is 0 Å². The van der Waals surface area contributed by atoms with Crippen LogP contribution in [-0.2, 0) is 4.74 Å². The van der Waals surface area contributed by atoms with E-state index in [1.54, 1.807) is 0 Å². The van der Waals surface area contributed by atoms with Gasteiger partial charge in [0, 0.05) is 0 Å². The molecule has 0 aliphatic rings. The fraction of sp³-hybridized carbons (Fsp3) is 0.667. The first-order chi connectivity index (χ1) is 5.40. The van der Waals surface area contributed by atoms with E-state index in [-0.39, 0.29) is 5.54 Å². The Balaban J connectivity index is 4.38. The molecule has 0 aromatic carbocycles. The maximum atomic E-state index is 4.80. The second-order valence-electron chi connectivity index (χ2n) is 3.20. The van der Waals surface area contributed by atoms with Crippen molar-refractivity contribution in [2.75, 3.05) is 21.2 Å². The minimum Gasteiger partial charge on any atom is -0.480 e. The third-order valence-corrected chi connectivity index (χ3v) is 2.04. The largest absolute Gasteiger partial charge is 0.480 e. The monoisotopic (exact) mass is 185 g/mol. The summed E-state index contributed by atoms with van der Waals surface area (Å²) in [7, 11) is 5.48. The highest BCUT2D eigenvalue weighted by atomic mass is 32.1. The molecule has 0 amide bonds. The maximum Gasteiger partial charge on any atom is 0.237 e. The molecule has 68 valence electrons. The Morgan fingerprint density at radius 3 is 2.25 bits per heavy atom. The van der Waals surface area contributed by atoms with Gasteiger partial charge in [0.2, 0.25) is 5.05 Å². The Morgan fingerprint density at radius 2 is 1.92 bits per heavy atom.